The van der Waals surface area contributed by atoms with Gasteiger partial charge in [0, 0.05) is 0 Å². The van der Waals surface area contributed by atoms with Gasteiger partial charge in [0.2, 0.25) is 0 Å². The number of amides is 1. The van der Waals surface area contributed by atoms with Crippen molar-refractivity contribution in [3.63, 3.8) is 0 Å². The van der Waals surface area contributed by atoms with E-state index in [4.69, 9.17) is 33.0 Å². The summed E-state index contributed by atoms with van der Waals surface area (Å²) in [6.45, 7) is 1.79. The third-order valence-electron chi connectivity index (χ3n) is 3.12. The van der Waals surface area contributed by atoms with E-state index in [9.17, 15) is 9.59 Å². The van der Waals surface area contributed by atoms with Crippen molar-refractivity contribution in [2.24, 2.45) is 0 Å². The van der Waals surface area contributed by atoms with Crippen molar-refractivity contribution in [1.82, 2.24) is 0 Å². The van der Waals surface area contributed by atoms with Gasteiger partial charge in [0.1, 0.15) is 6.10 Å². The fourth-order valence-electron chi connectivity index (χ4n) is 1.99. The average Bonchev–Trinajstić information content (AvgIpc) is 2.89. The van der Waals surface area contributed by atoms with Gasteiger partial charge in [-0.15, -0.1) is 0 Å². The first-order valence-corrected chi connectivity index (χ1v) is 6.79. The van der Waals surface area contributed by atoms with E-state index in [-0.39, 0.29) is 0 Å². The molecule has 7 heteroatoms. The molecular weight excluding hydrogens is 305 g/mol. The molecule has 20 heavy (non-hydrogen) atoms. The van der Waals surface area contributed by atoms with Crippen LogP contribution in [-0.4, -0.2) is 29.2 Å². The lowest BCUT2D eigenvalue weighted by Gasteiger charge is -2.14. The Balaban J connectivity index is 2.10. The molecule has 0 spiro atoms. The van der Waals surface area contributed by atoms with Gasteiger partial charge in [-0.1, -0.05) is 29.3 Å². The molecule has 0 aliphatic carbocycles. The first-order valence-electron chi connectivity index (χ1n) is 6.04. The lowest BCUT2D eigenvalue weighted by atomic mass is 10.1. The number of carboxylic acid groups (broad SMARTS) is 1. The zero-order valence-electron chi connectivity index (χ0n) is 10.7. The summed E-state index contributed by atoms with van der Waals surface area (Å²) in [6.07, 6.45) is -1.08. The molecule has 0 bridgehead atoms. The van der Waals surface area contributed by atoms with Crippen molar-refractivity contribution in [2.75, 3.05) is 5.32 Å². The van der Waals surface area contributed by atoms with E-state index < -0.39 is 24.1 Å². The van der Waals surface area contributed by atoms with Crippen LogP contribution in [-0.2, 0) is 14.3 Å². The van der Waals surface area contributed by atoms with Gasteiger partial charge in [0.15, 0.2) is 6.10 Å². The maximum atomic E-state index is 12.1. The van der Waals surface area contributed by atoms with Gasteiger partial charge in [-0.2, -0.15) is 0 Å². The molecule has 2 N–H and O–H groups in total. The number of aliphatic carboxylic acids is 1. The molecular formula is C13H13Cl2NO4. The largest absolute Gasteiger partial charge is 0.479 e. The third-order valence-corrected chi connectivity index (χ3v) is 3.92. The monoisotopic (exact) mass is 317 g/mol. The summed E-state index contributed by atoms with van der Waals surface area (Å²) >= 11 is 12.1. The molecule has 2 unspecified atom stereocenters. The molecule has 1 saturated heterocycles. The molecule has 108 valence electrons. The molecule has 0 saturated carbocycles. The van der Waals surface area contributed by atoms with E-state index in [0.717, 1.165) is 5.56 Å². The lowest BCUT2D eigenvalue weighted by molar-refractivity contribution is -0.150. The smallest absolute Gasteiger partial charge is 0.332 e. The zero-order chi connectivity index (χ0) is 14.9. The number of benzene rings is 1. The number of carboxylic acids is 1. The Kier molecular flexibility index (Phi) is 4.52. The molecule has 1 aliphatic rings. The number of hydrogen-bond donors (Lipinski definition) is 2. The molecule has 0 aromatic heterocycles. The second-order valence-electron chi connectivity index (χ2n) is 4.57. The summed E-state index contributed by atoms with van der Waals surface area (Å²) < 4.78 is 5.17. The Morgan fingerprint density at radius 1 is 1.30 bits per heavy atom. The fraction of sp³-hybridized carbons (Fsp3) is 0.385. The molecule has 1 heterocycles. The standard InChI is InChI=1S/C13H13Cl2NO4/c1-6-2-3-7(14)11(10(6)15)16-12(17)8-4-5-9(20-8)13(18)19/h2-3,8-9H,4-5H2,1H3,(H,16,17)(H,18,19). The summed E-state index contributed by atoms with van der Waals surface area (Å²) in [5.74, 6) is -1.50. The summed E-state index contributed by atoms with van der Waals surface area (Å²) in [7, 11) is 0. The Bertz CT molecular complexity index is 562. The van der Waals surface area contributed by atoms with Gasteiger partial charge in [-0.3, -0.25) is 4.79 Å². The maximum absolute atomic E-state index is 12.1. The Morgan fingerprint density at radius 3 is 2.55 bits per heavy atom. The van der Waals surface area contributed by atoms with E-state index in [2.05, 4.69) is 5.32 Å². The number of anilines is 1. The number of aryl methyl sites for hydroxylation is 1. The van der Waals surface area contributed by atoms with Crippen molar-refractivity contribution >= 4 is 40.8 Å². The number of ether oxygens (including phenoxy) is 1. The Hall–Kier alpha value is -1.30. The lowest BCUT2D eigenvalue weighted by Crippen LogP contribution is -2.30. The molecule has 1 amide bonds. The second-order valence-corrected chi connectivity index (χ2v) is 5.36. The Morgan fingerprint density at radius 2 is 1.95 bits per heavy atom. The average molecular weight is 318 g/mol. The van der Waals surface area contributed by atoms with Gasteiger partial charge < -0.3 is 15.2 Å². The van der Waals surface area contributed by atoms with Crippen LogP contribution in [0.5, 0.6) is 0 Å². The Labute approximate surface area is 125 Å². The molecule has 2 atom stereocenters. The molecule has 1 fully saturated rings. The number of carbonyl (C=O) groups is 2. The third kappa shape index (κ3) is 3.06. The van der Waals surface area contributed by atoms with Crippen LogP contribution in [0.2, 0.25) is 10.0 Å². The van der Waals surface area contributed by atoms with Crippen LogP contribution < -0.4 is 5.32 Å². The van der Waals surface area contributed by atoms with E-state index in [1.54, 1.807) is 19.1 Å². The van der Waals surface area contributed by atoms with Crippen molar-refractivity contribution < 1.29 is 19.4 Å². The highest BCUT2D eigenvalue weighted by Crippen LogP contribution is 2.33. The van der Waals surface area contributed by atoms with Crippen LogP contribution in [0.3, 0.4) is 0 Å². The topological polar surface area (TPSA) is 75.6 Å². The van der Waals surface area contributed by atoms with Crippen LogP contribution in [0.15, 0.2) is 12.1 Å². The molecule has 5 nitrogen and oxygen atoms in total. The SMILES string of the molecule is Cc1ccc(Cl)c(NC(=O)C2CCC(C(=O)O)O2)c1Cl. The maximum Gasteiger partial charge on any atom is 0.332 e. The molecule has 1 aliphatic heterocycles. The van der Waals surface area contributed by atoms with Crippen molar-refractivity contribution in [3.8, 4) is 0 Å². The summed E-state index contributed by atoms with van der Waals surface area (Å²) in [6, 6.07) is 3.38. The minimum absolute atomic E-state index is 0.308. The fourth-order valence-corrected chi connectivity index (χ4v) is 2.45. The number of rotatable bonds is 3. The van der Waals surface area contributed by atoms with Crippen LogP contribution in [0.25, 0.3) is 0 Å². The predicted octanol–water partition coefficient (Wildman–Crippen LogP) is 2.87. The van der Waals surface area contributed by atoms with E-state index in [0.29, 0.717) is 28.6 Å². The molecule has 1 aromatic rings. The number of nitrogens with one attached hydrogen (secondary N) is 1. The van der Waals surface area contributed by atoms with Gasteiger partial charge in [0.25, 0.3) is 5.91 Å². The quantitative estimate of drug-likeness (QED) is 0.898. The minimum atomic E-state index is -1.06. The normalized spacial score (nSPS) is 21.8. The van der Waals surface area contributed by atoms with Crippen molar-refractivity contribution in [1.29, 1.82) is 0 Å². The van der Waals surface area contributed by atoms with E-state index in [1.165, 1.54) is 0 Å². The first kappa shape index (κ1) is 15.1. The predicted molar refractivity (Wildman–Crippen MR) is 75.4 cm³/mol. The van der Waals surface area contributed by atoms with Gasteiger partial charge in [-0.05, 0) is 31.4 Å². The van der Waals surface area contributed by atoms with Gasteiger partial charge >= 0.3 is 5.97 Å². The molecule has 0 radical (unpaired) electrons. The molecule has 2 rings (SSSR count). The van der Waals surface area contributed by atoms with Crippen LogP contribution >= 0.6 is 23.2 Å². The van der Waals surface area contributed by atoms with Crippen LogP contribution in [0.1, 0.15) is 18.4 Å². The number of carbonyl (C=O) groups excluding carboxylic acids is 1. The van der Waals surface area contributed by atoms with Crippen molar-refractivity contribution in [2.45, 2.75) is 32.0 Å². The highest BCUT2D eigenvalue weighted by molar-refractivity contribution is 6.40. The zero-order valence-corrected chi connectivity index (χ0v) is 12.2. The van der Waals surface area contributed by atoms with Crippen molar-refractivity contribution in [3.05, 3.63) is 27.7 Å². The highest BCUT2D eigenvalue weighted by Gasteiger charge is 2.35. The summed E-state index contributed by atoms with van der Waals surface area (Å²) in [5.41, 5.74) is 1.10. The summed E-state index contributed by atoms with van der Waals surface area (Å²) in [5, 5.41) is 12.1. The molecule has 1 aromatic carbocycles. The number of halogens is 2. The number of hydrogen-bond acceptors (Lipinski definition) is 3. The van der Waals surface area contributed by atoms with E-state index in [1.807, 2.05) is 0 Å². The van der Waals surface area contributed by atoms with Crippen LogP contribution in [0, 0.1) is 6.92 Å². The van der Waals surface area contributed by atoms with Crippen LogP contribution in [0.4, 0.5) is 5.69 Å². The van der Waals surface area contributed by atoms with Gasteiger partial charge in [0.05, 0.1) is 15.7 Å². The first-order chi connectivity index (χ1) is 9.40. The minimum Gasteiger partial charge on any atom is -0.479 e. The van der Waals surface area contributed by atoms with Gasteiger partial charge in [-0.25, -0.2) is 4.79 Å². The highest BCUT2D eigenvalue weighted by atomic mass is 35.5. The van der Waals surface area contributed by atoms with E-state index >= 15 is 0 Å². The summed E-state index contributed by atoms with van der Waals surface area (Å²) in [4.78, 5) is 22.8. The second kappa shape index (κ2) is 5.99.